The highest BCUT2D eigenvalue weighted by Gasteiger charge is 2.54. The van der Waals surface area contributed by atoms with Gasteiger partial charge in [0.2, 0.25) is 11.6 Å². The number of hydrogen-bond donors (Lipinski definition) is 2. The fourth-order valence-corrected chi connectivity index (χ4v) is 12.7. The molecule has 180 valence electrons. The average Bonchev–Trinajstić information content (AvgIpc) is 3.39. The first-order valence-electron chi connectivity index (χ1n) is 11.3. The SMILES string of the molecule is C=C(C)[C@@H]1CC[C@]2(C)S[P@@](=S)(O[C@H]3C[C@H](n4cnc5c(=O)[nH]c(N)nc54)O[C@@H]3CC)O[C@H]2C1. The Hall–Kier alpha value is -1.23. The Balaban J connectivity index is 1.35. The fraction of sp³-hybridized carbons (Fsp3) is 0.667. The third-order valence-electron chi connectivity index (χ3n) is 7.05. The van der Waals surface area contributed by atoms with Crippen molar-refractivity contribution in [1.29, 1.82) is 0 Å². The van der Waals surface area contributed by atoms with E-state index in [0.29, 0.717) is 18.0 Å². The topological polar surface area (TPSA) is 117 Å². The quantitative estimate of drug-likeness (QED) is 0.448. The van der Waals surface area contributed by atoms with Gasteiger partial charge >= 0.3 is 0 Å². The van der Waals surface area contributed by atoms with Crippen LogP contribution >= 0.6 is 17.1 Å². The molecule has 2 aromatic rings. The van der Waals surface area contributed by atoms with Crippen molar-refractivity contribution in [1.82, 2.24) is 19.5 Å². The van der Waals surface area contributed by atoms with E-state index in [1.54, 1.807) is 22.3 Å². The molecule has 2 aliphatic heterocycles. The number of anilines is 1. The summed E-state index contributed by atoms with van der Waals surface area (Å²) < 4.78 is 21.1. The number of allylic oxidation sites excluding steroid dienone is 1. The zero-order valence-corrected chi connectivity index (χ0v) is 21.5. The molecule has 12 heteroatoms. The first-order valence-corrected chi connectivity index (χ1v) is 15.4. The summed E-state index contributed by atoms with van der Waals surface area (Å²) >= 11 is 7.72. The highest BCUT2D eigenvalue weighted by atomic mass is 32.9. The molecular formula is C21H30N5O4PS2. The number of imidazole rings is 1. The number of hydrogen-bond acceptors (Lipinski definition) is 9. The monoisotopic (exact) mass is 511 g/mol. The second-order valence-electron chi connectivity index (χ2n) is 9.46. The molecule has 0 aromatic carbocycles. The van der Waals surface area contributed by atoms with E-state index in [2.05, 4.69) is 42.3 Å². The van der Waals surface area contributed by atoms with Crippen LogP contribution in [0.25, 0.3) is 11.2 Å². The second-order valence-corrected chi connectivity index (χ2v) is 16.0. The first kappa shape index (κ1) is 23.5. The van der Waals surface area contributed by atoms with Crippen molar-refractivity contribution in [3.05, 3.63) is 28.8 Å². The fourth-order valence-electron chi connectivity index (χ4n) is 5.10. The minimum absolute atomic E-state index is 0.0227. The number of nitrogens with one attached hydrogen (secondary N) is 1. The lowest BCUT2D eigenvalue weighted by molar-refractivity contribution is -0.0151. The molecule has 1 aliphatic carbocycles. The van der Waals surface area contributed by atoms with Crippen molar-refractivity contribution in [3.63, 3.8) is 0 Å². The molecule has 0 unspecified atom stereocenters. The molecule has 2 saturated heterocycles. The van der Waals surface area contributed by atoms with Gasteiger partial charge in [0.05, 0.1) is 24.6 Å². The smallest absolute Gasteiger partial charge is 0.280 e. The van der Waals surface area contributed by atoms with Crippen molar-refractivity contribution >= 4 is 46.0 Å². The minimum Gasteiger partial charge on any atom is -0.369 e. The van der Waals surface area contributed by atoms with Gasteiger partial charge in [-0.2, -0.15) is 4.98 Å². The summed E-state index contributed by atoms with van der Waals surface area (Å²) in [5, 5.41) is 0. The van der Waals surface area contributed by atoms with E-state index in [4.69, 9.17) is 31.3 Å². The highest BCUT2D eigenvalue weighted by Crippen LogP contribution is 2.76. The number of rotatable bonds is 5. The summed E-state index contributed by atoms with van der Waals surface area (Å²) in [6.45, 7) is 10.6. The Morgan fingerprint density at radius 3 is 3.06 bits per heavy atom. The zero-order chi connectivity index (χ0) is 23.5. The molecular weight excluding hydrogens is 481 g/mol. The van der Waals surface area contributed by atoms with Crippen LogP contribution in [0.4, 0.5) is 5.95 Å². The van der Waals surface area contributed by atoms with Crippen LogP contribution in [0.15, 0.2) is 23.3 Å². The molecule has 3 aliphatic rings. The maximum atomic E-state index is 12.2. The van der Waals surface area contributed by atoms with Crippen LogP contribution in [-0.2, 0) is 25.6 Å². The second kappa shape index (κ2) is 8.46. The van der Waals surface area contributed by atoms with Gasteiger partial charge in [-0.05, 0) is 57.3 Å². The largest absolute Gasteiger partial charge is 0.369 e. The summed E-state index contributed by atoms with van der Waals surface area (Å²) in [5.41, 5.74) is 4.68. The lowest BCUT2D eigenvalue weighted by Gasteiger charge is -2.37. The van der Waals surface area contributed by atoms with Crippen molar-refractivity contribution in [2.24, 2.45) is 5.92 Å². The van der Waals surface area contributed by atoms with Crippen LogP contribution in [0, 0.1) is 5.92 Å². The van der Waals surface area contributed by atoms with Gasteiger partial charge < -0.3 is 19.5 Å². The van der Waals surface area contributed by atoms with Crippen molar-refractivity contribution in [3.8, 4) is 0 Å². The summed E-state index contributed by atoms with van der Waals surface area (Å²) in [4.78, 5) is 23.1. The van der Waals surface area contributed by atoms with Crippen LogP contribution in [0.1, 0.15) is 59.1 Å². The molecule has 5 rings (SSSR count). The molecule has 7 atom stereocenters. The summed E-state index contributed by atoms with van der Waals surface area (Å²) in [5.74, 6) is 0.521. The normalized spacial score (nSPS) is 38.6. The Morgan fingerprint density at radius 2 is 2.33 bits per heavy atom. The lowest BCUT2D eigenvalue weighted by Crippen LogP contribution is -2.39. The maximum Gasteiger partial charge on any atom is 0.280 e. The third kappa shape index (κ3) is 4.21. The summed E-state index contributed by atoms with van der Waals surface area (Å²) in [6.07, 6.45) is 5.36. The van der Waals surface area contributed by atoms with Crippen LogP contribution in [0.2, 0.25) is 0 Å². The van der Waals surface area contributed by atoms with E-state index in [0.717, 1.165) is 25.7 Å². The molecule has 9 nitrogen and oxygen atoms in total. The average molecular weight is 512 g/mol. The molecule has 0 spiro atoms. The Bertz CT molecular complexity index is 1200. The van der Waals surface area contributed by atoms with Gasteiger partial charge in [-0.15, -0.1) is 0 Å². The number of H-pyrrole nitrogens is 1. The van der Waals surface area contributed by atoms with E-state index >= 15 is 0 Å². The molecule has 3 N–H and O–H groups in total. The first-order chi connectivity index (χ1) is 15.6. The number of ether oxygens (including phenoxy) is 1. The predicted molar refractivity (Wildman–Crippen MR) is 134 cm³/mol. The van der Waals surface area contributed by atoms with Crippen molar-refractivity contribution in [2.75, 3.05) is 5.73 Å². The highest BCUT2D eigenvalue weighted by molar-refractivity contribution is 8.68. The van der Waals surface area contributed by atoms with Gasteiger partial charge in [-0.25, -0.2) is 4.98 Å². The summed E-state index contributed by atoms with van der Waals surface area (Å²) in [7, 11) is 0. The Kier molecular flexibility index (Phi) is 6.03. The van der Waals surface area contributed by atoms with Gasteiger partial charge in [0, 0.05) is 11.2 Å². The minimum atomic E-state index is -2.54. The Morgan fingerprint density at radius 1 is 1.55 bits per heavy atom. The molecule has 3 fully saturated rings. The van der Waals surface area contributed by atoms with Crippen molar-refractivity contribution in [2.45, 2.75) is 82.2 Å². The third-order valence-corrected chi connectivity index (χ3v) is 12.8. The lowest BCUT2D eigenvalue weighted by atomic mass is 9.77. The number of fused-ring (bicyclic) bond motifs is 2. The van der Waals surface area contributed by atoms with E-state index in [1.165, 1.54) is 5.57 Å². The van der Waals surface area contributed by atoms with E-state index < -0.39 is 5.69 Å². The Labute approximate surface area is 201 Å². The maximum absolute atomic E-state index is 12.2. The van der Waals surface area contributed by atoms with Gasteiger partial charge in [0.15, 0.2) is 11.2 Å². The number of nitrogen functional groups attached to an aromatic ring is 1. The van der Waals surface area contributed by atoms with Crippen LogP contribution < -0.4 is 11.3 Å². The van der Waals surface area contributed by atoms with Crippen LogP contribution in [0.5, 0.6) is 0 Å². The standard InChI is InChI=1S/C21H30N5O4PS2/c1-5-13-14(9-16(28-13)26-10-23-17-18(26)24-20(22)25-19(17)27)29-31(32)30-15-8-12(11(2)3)6-7-21(15,4)33-31/h10,12-16H,2,5-9H2,1,3-4H3,(H3,22,24,25,27)/t12-,13-,14+,15+,16-,21+,31+/m1/s1. The van der Waals surface area contributed by atoms with Gasteiger partial charge in [-0.3, -0.25) is 14.3 Å². The predicted octanol–water partition coefficient (Wildman–Crippen LogP) is 4.28. The van der Waals surface area contributed by atoms with E-state index in [9.17, 15) is 4.79 Å². The van der Waals surface area contributed by atoms with Crippen molar-refractivity contribution < 1.29 is 13.8 Å². The number of aromatic amines is 1. The van der Waals surface area contributed by atoms with Gasteiger partial charge in [-0.1, -0.05) is 30.5 Å². The molecule has 4 heterocycles. The molecule has 0 radical (unpaired) electrons. The number of nitrogens with two attached hydrogens (primary N) is 1. The van der Waals surface area contributed by atoms with Crippen LogP contribution in [0.3, 0.4) is 0 Å². The van der Waals surface area contributed by atoms with Gasteiger partial charge in [0.25, 0.3) is 5.56 Å². The van der Waals surface area contributed by atoms with Gasteiger partial charge in [0.1, 0.15) is 6.23 Å². The summed E-state index contributed by atoms with van der Waals surface area (Å²) in [6, 6.07) is 0. The molecule has 0 bridgehead atoms. The van der Waals surface area contributed by atoms with Crippen LogP contribution in [-0.4, -0.2) is 42.6 Å². The molecule has 0 amide bonds. The zero-order valence-electron chi connectivity index (χ0n) is 19.0. The molecule has 33 heavy (non-hydrogen) atoms. The molecule has 1 saturated carbocycles. The van der Waals surface area contributed by atoms with E-state index in [-0.39, 0.29) is 46.3 Å². The molecule has 2 aromatic heterocycles. The van der Waals surface area contributed by atoms with E-state index in [1.807, 2.05) is 0 Å². The number of aromatic nitrogens is 4. The number of nitrogens with zero attached hydrogens (tertiary/aromatic N) is 3.